The van der Waals surface area contributed by atoms with E-state index < -0.39 is 18.1 Å². The van der Waals surface area contributed by atoms with Gasteiger partial charge in [-0.2, -0.15) is 4.68 Å². The molecule has 0 aliphatic carbocycles. The molecule has 0 N–H and O–H groups in total. The quantitative estimate of drug-likeness (QED) is 0.351. The van der Waals surface area contributed by atoms with Gasteiger partial charge in [0.2, 0.25) is 18.4 Å². The van der Waals surface area contributed by atoms with Gasteiger partial charge in [0.05, 0.1) is 31.2 Å². The predicted octanol–water partition coefficient (Wildman–Crippen LogP) is 2.73. The SMILES string of the molecule is COc1cc(OC)n(-c2nc3cc(Cl)ccc3c(=O)n2OCC(=O)OCc2ccc(C)cc2)n1. The van der Waals surface area contributed by atoms with Crippen LogP contribution in [-0.4, -0.2) is 46.3 Å². The van der Waals surface area contributed by atoms with Gasteiger partial charge in [-0.15, -0.1) is 9.83 Å². The molecule has 176 valence electrons. The number of hydrogen-bond donors (Lipinski definition) is 0. The highest BCUT2D eigenvalue weighted by Crippen LogP contribution is 2.23. The maximum Gasteiger partial charge on any atom is 0.347 e. The monoisotopic (exact) mass is 484 g/mol. The van der Waals surface area contributed by atoms with Crippen molar-refractivity contribution < 1.29 is 23.8 Å². The maximum absolute atomic E-state index is 13.2. The van der Waals surface area contributed by atoms with Crippen LogP contribution >= 0.6 is 11.6 Å². The van der Waals surface area contributed by atoms with Crippen LogP contribution < -0.4 is 19.9 Å². The van der Waals surface area contributed by atoms with Crippen LogP contribution in [0, 0.1) is 6.92 Å². The minimum Gasteiger partial charge on any atom is -0.481 e. The molecule has 0 aliphatic heterocycles. The number of aromatic nitrogens is 4. The van der Waals surface area contributed by atoms with Crippen LogP contribution in [0.15, 0.2) is 53.3 Å². The van der Waals surface area contributed by atoms with Gasteiger partial charge in [-0.25, -0.2) is 9.78 Å². The molecule has 0 aliphatic rings. The van der Waals surface area contributed by atoms with E-state index in [-0.39, 0.29) is 29.7 Å². The number of halogens is 1. The molecule has 4 rings (SSSR count). The molecule has 2 heterocycles. The highest BCUT2D eigenvalue weighted by atomic mass is 35.5. The second-order valence-corrected chi connectivity index (χ2v) is 7.67. The molecule has 0 radical (unpaired) electrons. The van der Waals surface area contributed by atoms with Crippen LogP contribution in [0.25, 0.3) is 16.9 Å². The van der Waals surface area contributed by atoms with E-state index in [4.69, 9.17) is 30.6 Å². The molecule has 34 heavy (non-hydrogen) atoms. The first-order chi connectivity index (χ1) is 16.4. The maximum atomic E-state index is 13.2. The fourth-order valence-electron chi connectivity index (χ4n) is 3.12. The van der Waals surface area contributed by atoms with Crippen molar-refractivity contribution in [2.24, 2.45) is 0 Å². The number of benzene rings is 2. The summed E-state index contributed by atoms with van der Waals surface area (Å²) in [7, 11) is 2.87. The van der Waals surface area contributed by atoms with E-state index >= 15 is 0 Å². The standard InChI is InChI=1S/C23H21ClN4O6/c1-14-4-6-15(7-5-14)12-33-21(29)13-34-28-22(30)17-9-8-16(24)10-18(17)25-23(28)27-20(32-3)11-19(26-27)31-2/h4-11H,12-13H2,1-3H3. The average Bonchev–Trinajstić information content (AvgIpc) is 3.26. The highest BCUT2D eigenvalue weighted by molar-refractivity contribution is 6.31. The van der Waals surface area contributed by atoms with Crippen molar-refractivity contribution in [3.63, 3.8) is 0 Å². The van der Waals surface area contributed by atoms with Gasteiger partial charge in [0.1, 0.15) is 6.61 Å². The van der Waals surface area contributed by atoms with E-state index in [9.17, 15) is 9.59 Å². The number of methoxy groups -OCH3 is 2. The van der Waals surface area contributed by atoms with E-state index in [1.54, 1.807) is 6.07 Å². The Labute approximate surface area is 199 Å². The van der Waals surface area contributed by atoms with Gasteiger partial charge in [-0.1, -0.05) is 41.4 Å². The third kappa shape index (κ3) is 4.81. The van der Waals surface area contributed by atoms with E-state index in [2.05, 4.69) is 10.1 Å². The first kappa shape index (κ1) is 23.1. The molecule has 2 aromatic carbocycles. The summed E-state index contributed by atoms with van der Waals surface area (Å²) in [6, 6.07) is 13.7. The number of rotatable bonds is 8. The molecule has 11 heteroatoms. The van der Waals surface area contributed by atoms with Crippen LogP contribution in [-0.2, 0) is 16.1 Å². The number of aryl methyl sites for hydroxylation is 1. The molecule has 0 amide bonds. The number of fused-ring (bicyclic) bond motifs is 1. The first-order valence-corrected chi connectivity index (χ1v) is 10.5. The minimum absolute atomic E-state index is 0.0637. The Morgan fingerprint density at radius 2 is 1.82 bits per heavy atom. The first-order valence-electron chi connectivity index (χ1n) is 10.1. The molecule has 4 aromatic rings. The van der Waals surface area contributed by atoms with Crippen LogP contribution in [0.4, 0.5) is 0 Å². The summed E-state index contributed by atoms with van der Waals surface area (Å²) in [5, 5.41) is 4.86. The van der Waals surface area contributed by atoms with Crippen molar-refractivity contribution in [2.45, 2.75) is 13.5 Å². The summed E-state index contributed by atoms with van der Waals surface area (Å²) >= 11 is 6.08. The number of carbonyl (C=O) groups excluding carboxylic acids is 1. The topological polar surface area (TPSA) is 107 Å². The summed E-state index contributed by atoms with van der Waals surface area (Å²) in [4.78, 5) is 35.6. The summed E-state index contributed by atoms with van der Waals surface area (Å²) < 4.78 is 17.8. The van der Waals surface area contributed by atoms with Crippen LogP contribution in [0.5, 0.6) is 11.8 Å². The predicted molar refractivity (Wildman–Crippen MR) is 124 cm³/mol. The lowest BCUT2D eigenvalue weighted by molar-refractivity contribution is -0.150. The molecule has 0 bridgehead atoms. The molecule has 0 spiro atoms. The molecule has 2 aromatic heterocycles. The van der Waals surface area contributed by atoms with Crippen LogP contribution in [0.1, 0.15) is 11.1 Å². The number of hydrogen-bond acceptors (Lipinski definition) is 8. The van der Waals surface area contributed by atoms with Crippen LogP contribution in [0.3, 0.4) is 0 Å². The van der Waals surface area contributed by atoms with Crippen molar-refractivity contribution in [1.29, 1.82) is 0 Å². The van der Waals surface area contributed by atoms with Gasteiger partial charge in [0, 0.05) is 5.02 Å². The molecular weight excluding hydrogens is 464 g/mol. The minimum atomic E-state index is -0.667. The zero-order chi connectivity index (χ0) is 24.2. The molecule has 0 fully saturated rings. The lowest BCUT2D eigenvalue weighted by atomic mass is 10.2. The van der Waals surface area contributed by atoms with Gasteiger partial charge < -0.3 is 19.0 Å². The van der Waals surface area contributed by atoms with Gasteiger partial charge in [0.15, 0.2) is 0 Å². The van der Waals surface area contributed by atoms with Crippen molar-refractivity contribution in [3.8, 4) is 17.7 Å². The van der Waals surface area contributed by atoms with Crippen molar-refractivity contribution in [1.82, 2.24) is 19.5 Å². The Kier molecular flexibility index (Phi) is 6.69. The lowest BCUT2D eigenvalue weighted by Crippen LogP contribution is -2.35. The third-order valence-electron chi connectivity index (χ3n) is 4.87. The molecule has 0 saturated heterocycles. The second kappa shape index (κ2) is 9.84. The van der Waals surface area contributed by atoms with E-state index in [0.29, 0.717) is 10.5 Å². The molecule has 10 nitrogen and oxygen atoms in total. The molecule has 0 atom stereocenters. The average molecular weight is 485 g/mol. The van der Waals surface area contributed by atoms with Gasteiger partial charge in [0.25, 0.3) is 11.5 Å². The number of nitrogens with zero attached hydrogens (tertiary/aromatic N) is 4. The Bertz CT molecular complexity index is 1400. The summed E-state index contributed by atoms with van der Waals surface area (Å²) in [6.07, 6.45) is 0. The third-order valence-corrected chi connectivity index (χ3v) is 5.11. The van der Waals surface area contributed by atoms with Gasteiger partial charge >= 0.3 is 5.97 Å². The van der Waals surface area contributed by atoms with Crippen molar-refractivity contribution in [3.05, 3.63) is 75.0 Å². The van der Waals surface area contributed by atoms with E-state index in [1.807, 2.05) is 31.2 Å². The Morgan fingerprint density at radius 1 is 1.06 bits per heavy atom. The normalized spacial score (nSPS) is 10.8. The zero-order valence-corrected chi connectivity index (χ0v) is 19.4. The number of carbonyl (C=O) groups is 1. The van der Waals surface area contributed by atoms with Gasteiger partial charge in [-0.3, -0.25) is 4.79 Å². The summed E-state index contributed by atoms with van der Waals surface area (Å²) in [5.74, 6) is -0.281. The molecular formula is C23H21ClN4O6. The van der Waals surface area contributed by atoms with Crippen LogP contribution in [0.2, 0.25) is 5.02 Å². The smallest absolute Gasteiger partial charge is 0.347 e. The Balaban J connectivity index is 1.66. The largest absolute Gasteiger partial charge is 0.481 e. The van der Waals surface area contributed by atoms with Crippen molar-refractivity contribution >= 4 is 28.5 Å². The van der Waals surface area contributed by atoms with E-state index in [0.717, 1.165) is 15.9 Å². The zero-order valence-electron chi connectivity index (χ0n) is 18.6. The lowest BCUT2D eigenvalue weighted by Gasteiger charge is -2.14. The molecule has 0 unspecified atom stereocenters. The van der Waals surface area contributed by atoms with Crippen molar-refractivity contribution in [2.75, 3.05) is 20.8 Å². The fraction of sp³-hybridized carbons (Fsp3) is 0.217. The number of esters is 1. The second-order valence-electron chi connectivity index (χ2n) is 7.23. The Hall–Kier alpha value is -4.05. The summed E-state index contributed by atoms with van der Waals surface area (Å²) in [6.45, 7) is 1.50. The van der Waals surface area contributed by atoms with Gasteiger partial charge in [-0.05, 0) is 30.7 Å². The number of ether oxygens (including phenoxy) is 3. The molecule has 0 saturated carbocycles. The van der Waals surface area contributed by atoms with E-state index in [1.165, 1.54) is 37.1 Å². The fourth-order valence-corrected chi connectivity index (χ4v) is 3.29. The Morgan fingerprint density at radius 3 is 2.53 bits per heavy atom. The highest BCUT2D eigenvalue weighted by Gasteiger charge is 2.21. The summed E-state index contributed by atoms with van der Waals surface area (Å²) in [5.41, 5.74) is 1.67.